The highest BCUT2D eigenvalue weighted by atomic mass is 32.2. The van der Waals surface area contributed by atoms with Gasteiger partial charge in [0.15, 0.2) is 0 Å². The molecule has 0 N–H and O–H groups in total. The Hall–Kier alpha value is -2.87. The summed E-state index contributed by atoms with van der Waals surface area (Å²) in [6.07, 6.45) is -0.142. The maximum absolute atomic E-state index is 13.5. The first-order chi connectivity index (χ1) is 17.1. The number of benzene rings is 3. The molecule has 3 aromatic carbocycles. The maximum atomic E-state index is 13.5. The van der Waals surface area contributed by atoms with Gasteiger partial charge in [-0.15, -0.1) is 0 Å². The first-order valence-corrected chi connectivity index (χ1v) is 15.4. The number of hydrogen-bond acceptors (Lipinski definition) is 5. The van der Waals surface area contributed by atoms with Crippen LogP contribution in [0.25, 0.3) is 0 Å². The van der Waals surface area contributed by atoms with Crippen molar-refractivity contribution in [3.05, 3.63) is 82.9 Å². The van der Waals surface area contributed by atoms with Crippen LogP contribution in [0.4, 0.5) is 11.4 Å². The summed E-state index contributed by atoms with van der Waals surface area (Å²) in [6.45, 7) is 10.9. The van der Waals surface area contributed by atoms with Crippen LogP contribution >= 0.6 is 11.8 Å². The summed E-state index contributed by atoms with van der Waals surface area (Å²) in [7, 11) is 1.10. The summed E-state index contributed by atoms with van der Waals surface area (Å²) in [6, 6.07) is 20.0. The Morgan fingerprint density at radius 3 is 2.33 bits per heavy atom. The van der Waals surface area contributed by atoms with Gasteiger partial charge in [-0.2, -0.15) is 0 Å². The van der Waals surface area contributed by atoms with E-state index >= 15 is 0 Å². The van der Waals surface area contributed by atoms with Gasteiger partial charge in [0.25, 0.3) is 11.8 Å². The van der Waals surface area contributed by atoms with Gasteiger partial charge in [-0.1, -0.05) is 62.9 Å². The van der Waals surface area contributed by atoms with Gasteiger partial charge in [0, 0.05) is 16.8 Å². The van der Waals surface area contributed by atoms with Gasteiger partial charge in [0.05, 0.1) is 35.2 Å². The molecule has 185 valence electrons. The summed E-state index contributed by atoms with van der Waals surface area (Å²) in [5.74, 6) is -0.479. The molecule has 7 heteroatoms. The number of carbonyl (C=O) groups is 2. The lowest BCUT2D eigenvalue weighted by Crippen LogP contribution is -2.29. The Bertz CT molecular complexity index is 1360. The Balaban J connectivity index is 1.46. The second-order valence-electron chi connectivity index (χ2n) is 10.7. The number of nitrogens with zero attached hydrogens (tertiary/aromatic N) is 2. The minimum Gasteiger partial charge on any atom is -0.410 e. The molecular formula is C29H31N2O3SSi. The van der Waals surface area contributed by atoms with Gasteiger partial charge in [-0.3, -0.25) is 14.5 Å². The number of fused-ring (bicyclic) bond motifs is 3. The van der Waals surface area contributed by atoms with Gasteiger partial charge in [0.2, 0.25) is 9.04 Å². The fourth-order valence-electron chi connectivity index (χ4n) is 4.90. The second-order valence-corrected chi connectivity index (χ2v) is 13.8. The first kappa shape index (κ1) is 24.8. The molecule has 2 aliphatic rings. The van der Waals surface area contributed by atoms with Crippen molar-refractivity contribution in [2.24, 2.45) is 5.41 Å². The zero-order valence-electron chi connectivity index (χ0n) is 21.6. The van der Waals surface area contributed by atoms with E-state index in [0.29, 0.717) is 11.1 Å². The van der Waals surface area contributed by atoms with Crippen LogP contribution in [0.2, 0.25) is 13.1 Å². The predicted molar refractivity (Wildman–Crippen MR) is 146 cm³/mol. The first-order valence-electron chi connectivity index (χ1n) is 12.2. The predicted octanol–water partition coefficient (Wildman–Crippen LogP) is 7.07. The standard InChI is InChI=1S/C29H31N2O3SSi/c1-29(2,3)26(34-36(5)6)18-14-15-20-21(16-18)28(33)31(27(20)32)17-19-10-9-12-23-25(19)35-24-13-8-7-11-22(24)30(23)4/h7-16,26H,17H2,1-6H3. The summed E-state index contributed by atoms with van der Waals surface area (Å²) >= 11 is 1.69. The second kappa shape index (κ2) is 9.21. The molecule has 0 aromatic heterocycles. The van der Waals surface area contributed by atoms with Crippen molar-refractivity contribution in [3.8, 4) is 0 Å². The van der Waals surface area contributed by atoms with E-state index in [-0.39, 0.29) is 29.9 Å². The number of para-hydroxylation sites is 1. The molecule has 0 aliphatic carbocycles. The largest absolute Gasteiger partial charge is 0.410 e. The third-order valence-corrected chi connectivity index (χ3v) is 8.59. The van der Waals surface area contributed by atoms with Crippen LogP contribution in [0.3, 0.4) is 0 Å². The summed E-state index contributed by atoms with van der Waals surface area (Å²) in [4.78, 5) is 32.7. The molecule has 2 amide bonds. The number of rotatable bonds is 5. The van der Waals surface area contributed by atoms with Crippen LogP contribution in [0, 0.1) is 5.41 Å². The van der Waals surface area contributed by atoms with Gasteiger partial charge in [0.1, 0.15) is 0 Å². The molecule has 5 rings (SSSR count). The lowest BCUT2D eigenvalue weighted by molar-refractivity contribution is 0.0641. The normalized spacial score (nSPS) is 15.8. The Labute approximate surface area is 219 Å². The Morgan fingerprint density at radius 2 is 1.61 bits per heavy atom. The Morgan fingerprint density at radius 1 is 0.917 bits per heavy atom. The van der Waals surface area contributed by atoms with E-state index < -0.39 is 9.04 Å². The van der Waals surface area contributed by atoms with Crippen molar-refractivity contribution in [3.63, 3.8) is 0 Å². The highest BCUT2D eigenvalue weighted by molar-refractivity contribution is 7.99. The van der Waals surface area contributed by atoms with Crippen LogP contribution in [0.1, 0.15) is 58.7 Å². The van der Waals surface area contributed by atoms with Crippen LogP contribution in [-0.2, 0) is 11.0 Å². The van der Waals surface area contributed by atoms with Crippen molar-refractivity contribution >= 4 is 44.0 Å². The zero-order valence-corrected chi connectivity index (χ0v) is 23.4. The number of anilines is 2. The molecular weight excluding hydrogens is 484 g/mol. The topological polar surface area (TPSA) is 49.9 Å². The van der Waals surface area contributed by atoms with Crippen LogP contribution in [-0.4, -0.2) is 32.8 Å². The average molecular weight is 516 g/mol. The number of hydrogen-bond donors (Lipinski definition) is 0. The number of carbonyl (C=O) groups excluding carboxylic acids is 2. The molecule has 1 atom stereocenters. The van der Waals surface area contributed by atoms with Crippen molar-refractivity contribution < 1.29 is 14.0 Å². The molecule has 2 heterocycles. The molecule has 3 aromatic rings. The van der Waals surface area contributed by atoms with E-state index in [2.05, 4.69) is 64.0 Å². The minimum atomic E-state index is -0.954. The third-order valence-electron chi connectivity index (χ3n) is 6.64. The van der Waals surface area contributed by atoms with Gasteiger partial charge < -0.3 is 9.33 Å². The summed E-state index contributed by atoms with van der Waals surface area (Å²) in [5.41, 5.74) is 4.95. The quantitative estimate of drug-likeness (QED) is 0.269. The van der Waals surface area contributed by atoms with Crippen molar-refractivity contribution in [2.45, 2.75) is 56.3 Å². The van der Waals surface area contributed by atoms with Gasteiger partial charge in [-0.05, 0) is 60.0 Å². The number of imide groups is 1. The van der Waals surface area contributed by atoms with E-state index in [4.69, 9.17) is 4.43 Å². The molecule has 0 saturated carbocycles. The van der Waals surface area contributed by atoms with Crippen LogP contribution < -0.4 is 4.90 Å². The average Bonchev–Trinajstić information content (AvgIpc) is 3.06. The fraction of sp³-hybridized carbons (Fsp3) is 0.310. The lowest BCUT2D eigenvalue weighted by Gasteiger charge is -2.33. The fourth-order valence-corrected chi connectivity index (χ4v) is 7.11. The number of amides is 2. The molecule has 5 nitrogen and oxygen atoms in total. The highest BCUT2D eigenvalue weighted by Crippen LogP contribution is 2.49. The van der Waals surface area contributed by atoms with E-state index in [9.17, 15) is 9.59 Å². The van der Waals surface area contributed by atoms with Crippen LogP contribution in [0.5, 0.6) is 0 Å². The SMILES string of the molecule is CN1c2ccccc2Sc2c(CN3C(=O)c4ccc(C(O[Si](C)C)C(C)(C)C)cc4C3=O)cccc21. The van der Waals surface area contributed by atoms with Crippen LogP contribution in [0.15, 0.2) is 70.5 Å². The molecule has 2 aliphatic heterocycles. The molecule has 1 unspecified atom stereocenters. The minimum absolute atomic E-state index is 0.135. The van der Waals surface area contributed by atoms with Gasteiger partial charge >= 0.3 is 0 Å². The van der Waals surface area contributed by atoms with E-state index in [0.717, 1.165) is 32.3 Å². The third kappa shape index (κ3) is 4.29. The Kier molecular flexibility index (Phi) is 6.35. The molecule has 0 bridgehead atoms. The molecule has 0 spiro atoms. The van der Waals surface area contributed by atoms with Crippen molar-refractivity contribution in [1.29, 1.82) is 0 Å². The smallest absolute Gasteiger partial charge is 0.261 e. The summed E-state index contributed by atoms with van der Waals surface area (Å²) in [5, 5.41) is 0. The van der Waals surface area contributed by atoms with Crippen molar-refractivity contribution in [2.75, 3.05) is 11.9 Å². The van der Waals surface area contributed by atoms with E-state index in [1.807, 2.05) is 36.4 Å². The highest BCUT2D eigenvalue weighted by Gasteiger charge is 2.38. The summed E-state index contributed by atoms with van der Waals surface area (Å²) < 4.78 is 6.33. The molecule has 1 radical (unpaired) electrons. The van der Waals surface area contributed by atoms with Gasteiger partial charge in [-0.25, -0.2) is 0 Å². The zero-order chi connectivity index (χ0) is 25.8. The molecule has 0 fully saturated rings. The van der Waals surface area contributed by atoms with Crippen molar-refractivity contribution in [1.82, 2.24) is 4.90 Å². The maximum Gasteiger partial charge on any atom is 0.261 e. The van der Waals surface area contributed by atoms with E-state index in [1.54, 1.807) is 17.8 Å². The molecule has 36 heavy (non-hydrogen) atoms. The lowest BCUT2D eigenvalue weighted by atomic mass is 9.84. The molecule has 0 saturated heterocycles. The van der Waals surface area contributed by atoms with E-state index in [1.165, 1.54) is 4.90 Å². The monoisotopic (exact) mass is 515 g/mol.